The third kappa shape index (κ3) is 3.66. The van der Waals surface area contributed by atoms with Gasteiger partial charge in [0.25, 0.3) is 0 Å². The zero-order chi connectivity index (χ0) is 17.1. The Kier molecular flexibility index (Phi) is 4.67. The average Bonchev–Trinajstić information content (AvgIpc) is 2.96. The van der Waals surface area contributed by atoms with Gasteiger partial charge in [-0.25, -0.2) is 0 Å². The third-order valence-electron chi connectivity index (χ3n) is 3.90. The van der Waals surface area contributed by atoms with Gasteiger partial charge in [-0.2, -0.15) is 0 Å². The topological polar surface area (TPSA) is 49.4 Å². The summed E-state index contributed by atoms with van der Waals surface area (Å²) < 4.78 is 0. The van der Waals surface area contributed by atoms with Gasteiger partial charge in [-0.05, 0) is 54.0 Å². The van der Waals surface area contributed by atoms with E-state index >= 15 is 0 Å². The number of hydrogen-bond donors (Lipinski definition) is 1. The van der Waals surface area contributed by atoms with Crippen molar-refractivity contribution in [1.29, 1.82) is 0 Å². The summed E-state index contributed by atoms with van der Waals surface area (Å²) in [6, 6.07) is 12.9. The van der Waals surface area contributed by atoms with Crippen LogP contribution in [-0.2, 0) is 16.0 Å². The first-order valence-electron chi connectivity index (χ1n) is 7.68. The van der Waals surface area contributed by atoms with Crippen LogP contribution in [0.2, 0.25) is 5.02 Å². The Labute approximate surface area is 145 Å². The van der Waals surface area contributed by atoms with Crippen LogP contribution in [0.15, 0.2) is 48.5 Å². The Morgan fingerprint density at radius 2 is 2.04 bits per heavy atom. The maximum atomic E-state index is 12.0. The van der Waals surface area contributed by atoms with Gasteiger partial charge in [0.1, 0.15) is 0 Å². The van der Waals surface area contributed by atoms with Gasteiger partial charge in [0.05, 0.1) is 0 Å². The van der Waals surface area contributed by atoms with Crippen LogP contribution in [0.25, 0.3) is 6.08 Å². The number of anilines is 2. The lowest BCUT2D eigenvalue weighted by Crippen LogP contribution is -2.25. The van der Waals surface area contributed by atoms with Crippen molar-refractivity contribution in [2.24, 2.45) is 0 Å². The molecule has 0 atom stereocenters. The Hall–Kier alpha value is -2.59. The van der Waals surface area contributed by atoms with E-state index in [1.54, 1.807) is 30.0 Å². The largest absolute Gasteiger partial charge is 0.323 e. The van der Waals surface area contributed by atoms with Gasteiger partial charge < -0.3 is 10.2 Å². The predicted molar refractivity (Wildman–Crippen MR) is 97.3 cm³/mol. The molecule has 0 saturated heterocycles. The van der Waals surface area contributed by atoms with Crippen molar-refractivity contribution in [3.63, 3.8) is 0 Å². The van der Waals surface area contributed by atoms with E-state index in [-0.39, 0.29) is 11.8 Å². The molecule has 2 aromatic rings. The molecular weight excluding hydrogens is 324 g/mol. The molecule has 0 saturated carbocycles. The minimum absolute atomic E-state index is 0.0370. The van der Waals surface area contributed by atoms with Crippen LogP contribution in [0, 0.1) is 0 Å². The molecule has 1 heterocycles. The summed E-state index contributed by atoms with van der Waals surface area (Å²) in [4.78, 5) is 25.4. The second-order valence-electron chi connectivity index (χ2n) is 5.64. The third-order valence-corrected chi connectivity index (χ3v) is 4.13. The summed E-state index contributed by atoms with van der Waals surface area (Å²) in [5, 5.41) is 3.47. The fraction of sp³-hybridized carbons (Fsp3) is 0.158. The normalized spacial score (nSPS) is 13.2. The van der Waals surface area contributed by atoms with Gasteiger partial charge in [0.2, 0.25) is 11.8 Å². The van der Waals surface area contributed by atoms with Crippen molar-refractivity contribution < 1.29 is 9.59 Å². The Morgan fingerprint density at radius 3 is 2.79 bits per heavy atom. The van der Waals surface area contributed by atoms with Gasteiger partial charge in [-0.15, -0.1) is 0 Å². The number of rotatable bonds is 3. The smallest absolute Gasteiger partial charge is 0.248 e. The van der Waals surface area contributed by atoms with E-state index in [0.717, 1.165) is 28.9 Å². The summed E-state index contributed by atoms with van der Waals surface area (Å²) in [7, 11) is 0. The molecule has 2 amide bonds. The number of carbonyl (C=O) groups excluding carboxylic acids is 2. The number of carbonyl (C=O) groups is 2. The predicted octanol–water partition coefficient (Wildman–Crippen LogP) is 3.90. The summed E-state index contributed by atoms with van der Waals surface area (Å²) in [6.45, 7) is 2.25. The van der Waals surface area contributed by atoms with Crippen LogP contribution in [0.3, 0.4) is 0 Å². The van der Waals surface area contributed by atoms with E-state index < -0.39 is 0 Å². The standard InChI is InChI=1S/C19H17ClN2O2/c1-13(23)22-10-9-15-12-17(6-7-18(15)22)21-19(24)8-5-14-3-2-4-16(20)11-14/h2-8,11-12H,9-10H2,1H3,(H,21,24)/b8-5+. The Morgan fingerprint density at radius 1 is 1.21 bits per heavy atom. The number of hydrogen-bond acceptors (Lipinski definition) is 2. The first-order valence-corrected chi connectivity index (χ1v) is 8.06. The number of nitrogens with one attached hydrogen (secondary N) is 1. The number of benzene rings is 2. The number of halogens is 1. The molecule has 1 N–H and O–H groups in total. The summed E-state index contributed by atoms with van der Waals surface area (Å²) >= 11 is 5.92. The van der Waals surface area contributed by atoms with Crippen molar-refractivity contribution in [3.05, 3.63) is 64.7 Å². The molecule has 0 radical (unpaired) electrons. The fourth-order valence-electron chi connectivity index (χ4n) is 2.77. The van der Waals surface area contributed by atoms with Crippen LogP contribution in [-0.4, -0.2) is 18.4 Å². The van der Waals surface area contributed by atoms with Crippen LogP contribution < -0.4 is 10.2 Å². The maximum Gasteiger partial charge on any atom is 0.248 e. The van der Waals surface area contributed by atoms with Gasteiger partial charge in [-0.3, -0.25) is 9.59 Å². The quantitative estimate of drug-likeness (QED) is 0.861. The molecule has 0 spiro atoms. The maximum absolute atomic E-state index is 12.0. The number of nitrogens with zero attached hydrogens (tertiary/aromatic N) is 1. The number of amides is 2. The highest BCUT2D eigenvalue weighted by Gasteiger charge is 2.22. The Bertz CT molecular complexity index is 830. The SMILES string of the molecule is CC(=O)N1CCc2cc(NC(=O)/C=C/c3cccc(Cl)c3)ccc21. The molecule has 1 aliphatic rings. The first kappa shape index (κ1) is 16.3. The van der Waals surface area contributed by atoms with E-state index in [2.05, 4.69) is 5.32 Å². The molecule has 0 fully saturated rings. The van der Waals surface area contributed by atoms with Crippen LogP contribution in [0.5, 0.6) is 0 Å². The second-order valence-corrected chi connectivity index (χ2v) is 6.08. The lowest BCUT2D eigenvalue weighted by molar-refractivity contribution is -0.116. The van der Waals surface area contributed by atoms with E-state index in [1.807, 2.05) is 30.3 Å². The highest BCUT2D eigenvalue weighted by Crippen LogP contribution is 2.30. The van der Waals surface area contributed by atoms with Crippen molar-refractivity contribution in [2.45, 2.75) is 13.3 Å². The molecule has 0 aromatic heterocycles. The van der Waals surface area contributed by atoms with Crippen LogP contribution in [0.4, 0.5) is 11.4 Å². The minimum atomic E-state index is -0.212. The van der Waals surface area contributed by atoms with Crippen LogP contribution in [0.1, 0.15) is 18.1 Å². The molecule has 4 nitrogen and oxygen atoms in total. The molecule has 1 aliphatic heterocycles. The second kappa shape index (κ2) is 6.89. The first-order chi connectivity index (χ1) is 11.5. The zero-order valence-corrected chi connectivity index (χ0v) is 14.0. The monoisotopic (exact) mass is 340 g/mol. The van der Waals surface area contributed by atoms with E-state index in [0.29, 0.717) is 11.6 Å². The molecular formula is C19H17ClN2O2. The van der Waals surface area contributed by atoms with Gasteiger partial charge in [0.15, 0.2) is 0 Å². The number of fused-ring (bicyclic) bond motifs is 1. The van der Waals surface area contributed by atoms with E-state index in [4.69, 9.17) is 11.6 Å². The molecule has 2 aromatic carbocycles. The summed E-state index contributed by atoms with van der Waals surface area (Å²) in [6.07, 6.45) is 3.99. The zero-order valence-electron chi connectivity index (χ0n) is 13.3. The van der Waals surface area contributed by atoms with Crippen molar-refractivity contribution in [3.8, 4) is 0 Å². The highest BCUT2D eigenvalue weighted by molar-refractivity contribution is 6.30. The molecule has 0 aliphatic carbocycles. The molecule has 0 unspecified atom stereocenters. The molecule has 3 rings (SSSR count). The molecule has 122 valence electrons. The molecule has 5 heteroatoms. The van der Waals surface area contributed by atoms with Crippen molar-refractivity contribution in [1.82, 2.24) is 0 Å². The van der Waals surface area contributed by atoms with E-state index in [1.165, 1.54) is 6.08 Å². The highest BCUT2D eigenvalue weighted by atomic mass is 35.5. The fourth-order valence-corrected chi connectivity index (χ4v) is 2.97. The molecule has 0 bridgehead atoms. The summed E-state index contributed by atoms with van der Waals surface area (Å²) in [5.74, 6) is -0.175. The van der Waals surface area contributed by atoms with Gasteiger partial charge >= 0.3 is 0 Å². The van der Waals surface area contributed by atoms with Gasteiger partial charge in [0, 0.05) is 35.9 Å². The molecule has 24 heavy (non-hydrogen) atoms. The van der Waals surface area contributed by atoms with Crippen LogP contribution >= 0.6 is 11.6 Å². The lowest BCUT2D eigenvalue weighted by atomic mass is 10.1. The minimum Gasteiger partial charge on any atom is -0.323 e. The average molecular weight is 341 g/mol. The van der Waals surface area contributed by atoms with E-state index in [9.17, 15) is 9.59 Å². The van der Waals surface area contributed by atoms with Crippen molar-refractivity contribution in [2.75, 3.05) is 16.8 Å². The van der Waals surface area contributed by atoms with Gasteiger partial charge in [-0.1, -0.05) is 23.7 Å². The Balaban J connectivity index is 1.68. The summed E-state index contributed by atoms with van der Waals surface area (Å²) in [5.41, 5.74) is 3.58. The van der Waals surface area contributed by atoms with Crippen molar-refractivity contribution >= 4 is 40.9 Å². The lowest BCUT2D eigenvalue weighted by Gasteiger charge is -2.14.